The highest BCUT2D eigenvalue weighted by molar-refractivity contribution is 5.94. The Morgan fingerprint density at radius 2 is 1.66 bits per heavy atom. The molecule has 2 heterocycles. The number of rotatable bonds is 6. The van der Waals surface area contributed by atoms with E-state index in [9.17, 15) is 4.79 Å². The van der Waals surface area contributed by atoms with Crippen LogP contribution in [0.15, 0.2) is 66.7 Å². The summed E-state index contributed by atoms with van der Waals surface area (Å²) in [5.41, 5.74) is 5.69. The summed E-state index contributed by atoms with van der Waals surface area (Å²) >= 11 is 0. The zero-order chi connectivity index (χ0) is 24.2. The van der Waals surface area contributed by atoms with Crippen molar-refractivity contribution in [1.29, 1.82) is 0 Å². The lowest BCUT2D eigenvalue weighted by Crippen LogP contribution is -2.45. The minimum atomic E-state index is -0.362. The van der Waals surface area contributed by atoms with E-state index in [2.05, 4.69) is 45.3 Å². The van der Waals surface area contributed by atoms with Crippen molar-refractivity contribution in [1.82, 2.24) is 10.2 Å². The monoisotopic (exact) mass is 472 g/mol. The molecule has 35 heavy (non-hydrogen) atoms. The molecule has 0 saturated carbocycles. The summed E-state index contributed by atoms with van der Waals surface area (Å²) in [6.07, 6.45) is 2.71. The van der Waals surface area contributed by atoms with Gasteiger partial charge in [0.25, 0.3) is 5.91 Å². The number of likely N-dealkylation sites (N-methyl/N-ethyl adjacent to an activating group) is 1. The van der Waals surface area contributed by atoms with Crippen LogP contribution in [0.25, 0.3) is 0 Å². The van der Waals surface area contributed by atoms with Crippen LogP contribution in [0.5, 0.6) is 0 Å². The Labute approximate surface area is 207 Å². The molecule has 3 aromatic carbocycles. The molecule has 5 nitrogen and oxygen atoms in total. The minimum absolute atomic E-state index is 0.247. The maximum absolute atomic E-state index is 15.3. The van der Waals surface area contributed by atoms with E-state index in [-0.39, 0.29) is 11.7 Å². The van der Waals surface area contributed by atoms with Gasteiger partial charge in [0.05, 0.1) is 5.69 Å². The van der Waals surface area contributed by atoms with Crippen molar-refractivity contribution >= 4 is 23.0 Å². The van der Waals surface area contributed by atoms with Crippen LogP contribution < -0.4 is 15.1 Å². The zero-order valence-corrected chi connectivity index (χ0v) is 20.3. The van der Waals surface area contributed by atoms with Gasteiger partial charge in [0, 0.05) is 56.2 Å². The van der Waals surface area contributed by atoms with E-state index in [1.165, 1.54) is 17.3 Å². The lowest BCUT2D eigenvalue weighted by atomic mass is 9.97. The molecule has 1 N–H and O–H groups in total. The Balaban J connectivity index is 1.31. The Kier molecular flexibility index (Phi) is 7.00. The number of benzene rings is 3. The highest BCUT2D eigenvalue weighted by atomic mass is 19.1. The number of hydrogen-bond acceptors (Lipinski definition) is 4. The number of anilines is 3. The standard InChI is InChI=1S/C29H33FN4O/c1-32-17-19-33(20-18-32)26-10-5-11-27-24(26)9-6-16-34(27)28-13-12-23(21-25(28)30)29(35)31-15-14-22-7-3-2-4-8-22/h2-5,7-8,10-13,21H,6,9,14-20H2,1H3,(H,31,35). The lowest BCUT2D eigenvalue weighted by molar-refractivity contribution is 0.0953. The predicted octanol–water partition coefficient (Wildman–Crippen LogP) is 4.63. The number of nitrogens with one attached hydrogen (secondary N) is 1. The van der Waals surface area contributed by atoms with Crippen molar-refractivity contribution in [2.75, 3.05) is 56.1 Å². The molecule has 0 bridgehead atoms. The molecule has 0 unspecified atom stereocenters. The van der Waals surface area contributed by atoms with Gasteiger partial charge in [-0.15, -0.1) is 0 Å². The van der Waals surface area contributed by atoms with Crippen LogP contribution in [0.1, 0.15) is 27.9 Å². The van der Waals surface area contributed by atoms with Crippen molar-refractivity contribution in [3.05, 3.63) is 89.2 Å². The Morgan fingerprint density at radius 3 is 2.43 bits per heavy atom. The van der Waals surface area contributed by atoms with Gasteiger partial charge < -0.3 is 20.0 Å². The Hall–Kier alpha value is -3.38. The van der Waals surface area contributed by atoms with Crippen LogP contribution in [0.4, 0.5) is 21.5 Å². The van der Waals surface area contributed by atoms with E-state index in [0.717, 1.165) is 63.2 Å². The van der Waals surface area contributed by atoms with Crippen molar-refractivity contribution in [2.45, 2.75) is 19.3 Å². The molecule has 2 aliphatic heterocycles. The van der Waals surface area contributed by atoms with Gasteiger partial charge in [0.15, 0.2) is 0 Å². The molecular formula is C29H33FN4O. The fourth-order valence-electron chi connectivity index (χ4n) is 5.13. The van der Waals surface area contributed by atoms with Gasteiger partial charge in [-0.25, -0.2) is 4.39 Å². The average molecular weight is 473 g/mol. The van der Waals surface area contributed by atoms with Crippen molar-refractivity contribution in [2.24, 2.45) is 0 Å². The molecule has 0 aromatic heterocycles. The van der Waals surface area contributed by atoms with Crippen molar-refractivity contribution < 1.29 is 9.18 Å². The molecule has 5 rings (SSSR count). The van der Waals surface area contributed by atoms with E-state index in [0.29, 0.717) is 17.8 Å². The predicted molar refractivity (Wildman–Crippen MR) is 140 cm³/mol. The molecular weight excluding hydrogens is 439 g/mol. The second-order valence-corrected chi connectivity index (χ2v) is 9.48. The quantitative estimate of drug-likeness (QED) is 0.568. The van der Waals surface area contributed by atoms with Gasteiger partial charge in [-0.2, -0.15) is 0 Å². The highest BCUT2D eigenvalue weighted by Gasteiger charge is 2.26. The van der Waals surface area contributed by atoms with Crippen LogP contribution in [-0.2, 0) is 12.8 Å². The van der Waals surface area contributed by atoms with Crippen LogP contribution in [0, 0.1) is 5.82 Å². The smallest absolute Gasteiger partial charge is 0.251 e. The Morgan fingerprint density at radius 1 is 0.886 bits per heavy atom. The number of nitrogens with zero attached hydrogens (tertiary/aromatic N) is 3. The molecule has 0 atom stereocenters. The molecule has 1 fully saturated rings. The van der Waals surface area contributed by atoms with E-state index in [4.69, 9.17) is 0 Å². The van der Waals surface area contributed by atoms with Crippen molar-refractivity contribution in [3.63, 3.8) is 0 Å². The molecule has 0 spiro atoms. The summed E-state index contributed by atoms with van der Waals surface area (Å²) in [7, 11) is 2.16. The summed E-state index contributed by atoms with van der Waals surface area (Å²) in [5, 5.41) is 2.91. The number of fused-ring (bicyclic) bond motifs is 1. The summed E-state index contributed by atoms with van der Waals surface area (Å²) in [6.45, 7) is 5.40. The Bertz CT molecular complexity index is 1170. The summed E-state index contributed by atoms with van der Waals surface area (Å²) < 4.78 is 15.3. The van der Waals surface area contributed by atoms with Crippen LogP contribution in [0.2, 0.25) is 0 Å². The third-order valence-electron chi connectivity index (χ3n) is 7.11. The van der Waals surface area contributed by atoms with Gasteiger partial charge in [-0.3, -0.25) is 4.79 Å². The fraction of sp³-hybridized carbons (Fsp3) is 0.345. The highest BCUT2D eigenvalue weighted by Crippen LogP contribution is 2.39. The molecule has 2 aliphatic rings. The first-order valence-electron chi connectivity index (χ1n) is 12.5. The number of carbonyl (C=O) groups is 1. The number of hydrogen-bond donors (Lipinski definition) is 1. The molecule has 0 radical (unpaired) electrons. The SMILES string of the molecule is CN1CCN(c2cccc3c2CCCN3c2ccc(C(=O)NCCc3ccccc3)cc2F)CC1. The van der Waals surface area contributed by atoms with E-state index >= 15 is 4.39 Å². The maximum Gasteiger partial charge on any atom is 0.251 e. The van der Waals surface area contributed by atoms with Gasteiger partial charge in [0.2, 0.25) is 0 Å². The van der Waals surface area contributed by atoms with Crippen LogP contribution in [-0.4, -0.2) is 57.1 Å². The molecule has 182 valence electrons. The number of carbonyl (C=O) groups excluding carboxylic acids is 1. The zero-order valence-electron chi connectivity index (χ0n) is 20.3. The van der Waals surface area contributed by atoms with E-state index in [1.54, 1.807) is 12.1 Å². The summed E-state index contributed by atoms with van der Waals surface area (Å²) in [5.74, 6) is -0.610. The largest absolute Gasteiger partial charge is 0.369 e. The first-order valence-corrected chi connectivity index (χ1v) is 12.5. The summed E-state index contributed by atoms with van der Waals surface area (Å²) in [6, 6.07) is 21.2. The third-order valence-corrected chi connectivity index (χ3v) is 7.11. The molecule has 6 heteroatoms. The number of halogens is 1. The second-order valence-electron chi connectivity index (χ2n) is 9.48. The lowest BCUT2D eigenvalue weighted by Gasteiger charge is -2.38. The molecule has 1 amide bonds. The number of piperazine rings is 1. The minimum Gasteiger partial charge on any atom is -0.369 e. The topological polar surface area (TPSA) is 38.8 Å². The molecule has 3 aromatic rings. The van der Waals surface area contributed by atoms with Gasteiger partial charge >= 0.3 is 0 Å². The molecule has 1 saturated heterocycles. The third kappa shape index (κ3) is 5.17. The van der Waals surface area contributed by atoms with Gasteiger partial charge in [-0.05, 0) is 67.8 Å². The number of amides is 1. The van der Waals surface area contributed by atoms with E-state index < -0.39 is 0 Å². The summed E-state index contributed by atoms with van der Waals surface area (Å²) in [4.78, 5) is 19.5. The average Bonchev–Trinajstić information content (AvgIpc) is 2.89. The fourth-order valence-corrected chi connectivity index (χ4v) is 5.13. The normalized spacial score (nSPS) is 16.2. The second kappa shape index (κ2) is 10.5. The first-order chi connectivity index (χ1) is 17.1. The molecule has 0 aliphatic carbocycles. The maximum atomic E-state index is 15.3. The van der Waals surface area contributed by atoms with Crippen molar-refractivity contribution in [3.8, 4) is 0 Å². The van der Waals surface area contributed by atoms with Gasteiger partial charge in [-0.1, -0.05) is 36.4 Å². The van der Waals surface area contributed by atoms with E-state index in [1.807, 2.05) is 30.3 Å². The van der Waals surface area contributed by atoms with Gasteiger partial charge in [0.1, 0.15) is 5.82 Å². The first kappa shape index (κ1) is 23.4. The van der Waals surface area contributed by atoms with Crippen LogP contribution in [0.3, 0.4) is 0 Å². The van der Waals surface area contributed by atoms with Crippen LogP contribution >= 0.6 is 0 Å².